The molecule has 19 heavy (non-hydrogen) atoms. The van der Waals surface area contributed by atoms with Gasteiger partial charge in [0.25, 0.3) is 0 Å². The zero-order chi connectivity index (χ0) is 14.1. The smallest absolute Gasteiger partial charge is 0.399 e. The monoisotopic (exact) mass is 257 g/mol. The maximum atomic E-state index is 6.80. The van der Waals surface area contributed by atoms with Crippen molar-refractivity contribution in [2.75, 3.05) is 6.54 Å². The van der Waals surface area contributed by atoms with E-state index in [0.29, 0.717) is 6.54 Å². The Kier molecular flexibility index (Phi) is 3.71. The van der Waals surface area contributed by atoms with Crippen molar-refractivity contribution in [2.24, 2.45) is 0 Å². The summed E-state index contributed by atoms with van der Waals surface area (Å²) < 4.78 is 12.0. The minimum absolute atomic E-state index is 0.305. The summed E-state index contributed by atoms with van der Waals surface area (Å²) in [5, 5.41) is 0. The first kappa shape index (κ1) is 14.1. The molecule has 4 heteroatoms. The molecule has 3 nitrogen and oxygen atoms in total. The highest BCUT2D eigenvalue weighted by molar-refractivity contribution is 6.62. The first-order valence-electron chi connectivity index (χ1n) is 6.63. The van der Waals surface area contributed by atoms with E-state index in [1.54, 1.807) is 0 Å². The van der Waals surface area contributed by atoms with Gasteiger partial charge in [0.15, 0.2) is 0 Å². The second-order valence-corrected chi connectivity index (χ2v) is 5.96. The van der Waals surface area contributed by atoms with Crippen molar-refractivity contribution in [1.82, 2.24) is 0 Å². The summed E-state index contributed by atoms with van der Waals surface area (Å²) in [5.74, 6) is 0. The molecule has 1 aliphatic rings. The van der Waals surface area contributed by atoms with E-state index in [1.165, 1.54) is 5.56 Å². The Bertz CT molecular complexity index is 472. The van der Waals surface area contributed by atoms with Crippen molar-refractivity contribution in [1.29, 1.82) is 0 Å². The predicted molar refractivity (Wildman–Crippen MR) is 77.3 cm³/mol. The standard InChI is InChI=1S/C15H20BNO2/c1-14(2)15(3,4)19-16(18-14)13-8-6-12(7-9-13)10-11-17-5/h6-9H,10-11H2,1-4H3. The van der Waals surface area contributed by atoms with E-state index in [0.717, 1.165) is 11.9 Å². The summed E-state index contributed by atoms with van der Waals surface area (Å²) in [4.78, 5) is 3.37. The van der Waals surface area contributed by atoms with E-state index in [9.17, 15) is 0 Å². The lowest BCUT2D eigenvalue weighted by Gasteiger charge is -2.32. The van der Waals surface area contributed by atoms with Gasteiger partial charge in [-0.05, 0) is 38.7 Å². The van der Waals surface area contributed by atoms with E-state index in [4.69, 9.17) is 15.9 Å². The zero-order valence-corrected chi connectivity index (χ0v) is 12.1. The molecule has 1 saturated heterocycles. The number of rotatable bonds is 3. The van der Waals surface area contributed by atoms with Gasteiger partial charge in [-0.1, -0.05) is 24.3 Å². The van der Waals surface area contributed by atoms with Gasteiger partial charge in [0.2, 0.25) is 6.54 Å². The van der Waals surface area contributed by atoms with E-state index in [-0.39, 0.29) is 18.3 Å². The third kappa shape index (κ3) is 2.83. The van der Waals surface area contributed by atoms with Crippen LogP contribution in [0.3, 0.4) is 0 Å². The lowest BCUT2D eigenvalue weighted by molar-refractivity contribution is 0.00578. The molecular weight excluding hydrogens is 237 g/mol. The molecule has 100 valence electrons. The third-order valence-electron chi connectivity index (χ3n) is 4.02. The van der Waals surface area contributed by atoms with Crippen LogP contribution < -0.4 is 5.46 Å². The molecule has 0 unspecified atom stereocenters. The predicted octanol–water partition coefficient (Wildman–Crippen LogP) is 2.45. The van der Waals surface area contributed by atoms with Crippen LogP contribution in [0, 0.1) is 6.57 Å². The summed E-state index contributed by atoms with van der Waals surface area (Å²) in [6, 6.07) is 8.15. The molecule has 1 aromatic carbocycles. The zero-order valence-electron chi connectivity index (χ0n) is 12.1. The number of hydrogen-bond donors (Lipinski definition) is 0. The Labute approximate surface area is 115 Å². The molecule has 1 aliphatic heterocycles. The highest BCUT2D eigenvalue weighted by Gasteiger charge is 2.51. The summed E-state index contributed by atoms with van der Waals surface area (Å²) in [5.41, 5.74) is 1.60. The third-order valence-corrected chi connectivity index (χ3v) is 4.02. The molecule has 2 rings (SSSR count). The molecule has 0 N–H and O–H groups in total. The van der Waals surface area contributed by atoms with Gasteiger partial charge < -0.3 is 14.2 Å². The molecule has 1 aromatic rings. The lowest BCUT2D eigenvalue weighted by Crippen LogP contribution is -2.41. The van der Waals surface area contributed by atoms with Crippen LogP contribution in [0.2, 0.25) is 0 Å². The van der Waals surface area contributed by atoms with E-state index < -0.39 is 0 Å². The topological polar surface area (TPSA) is 22.8 Å². The highest BCUT2D eigenvalue weighted by atomic mass is 16.7. The normalized spacial score (nSPS) is 20.3. The second kappa shape index (κ2) is 4.99. The minimum Gasteiger partial charge on any atom is -0.399 e. The SMILES string of the molecule is [C-]#[N+]CCc1ccc(B2OC(C)(C)C(C)(C)O2)cc1. The number of benzene rings is 1. The van der Waals surface area contributed by atoms with Crippen LogP contribution in [-0.4, -0.2) is 24.9 Å². The van der Waals surface area contributed by atoms with E-state index in [2.05, 4.69) is 32.5 Å². The van der Waals surface area contributed by atoms with Gasteiger partial charge in [-0.15, -0.1) is 0 Å². The largest absolute Gasteiger partial charge is 0.494 e. The Morgan fingerprint density at radius 2 is 1.58 bits per heavy atom. The van der Waals surface area contributed by atoms with Crippen LogP contribution in [0.25, 0.3) is 4.85 Å². The fraction of sp³-hybridized carbons (Fsp3) is 0.533. The number of nitrogens with zero attached hydrogens (tertiary/aromatic N) is 1. The summed E-state index contributed by atoms with van der Waals surface area (Å²) >= 11 is 0. The Balaban J connectivity index is 2.10. The van der Waals surface area contributed by atoms with Crippen LogP contribution in [-0.2, 0) is 15.7 Å². The number of hydrogen-bond acceptors (Lipinski definition) is 2. The first-order valence-corrected chi connectivity index (χ1v) is 6.63. The van der Waals surface area contributed by atoms with E-state index in [1.807, 2.05) is 24.3 Å². The first-order chi connectivity index (χ1) is 8.86. The van der Waals surface area contributed by atoms with E-state index >= 15 is 0 Å². The average Bonchev–Trinajstić information content (AvgIpc) is 2.56. The van der Waals surface area contributed by atoms with Crippen molar-refractivity contribution in [2.45, 2.75) is 45.3 Å². The molecule has 0 spiro atoms. The van der Waals surface area contributed by atoms with Gasteiger partial charge >= 0.3 is 7.12 Å². The van der Waals surface area contributed by atoms with Crippen molar-refractivity contribution in [3.05, 3.63) is 41.2 Å². The highest BCUT2D eigenvalue weighted by Crippen LogP contribution is 2.36. The van der Waals surface area contributed by atoms with Crippen molar-refractivity contribution < 1.29 is 9.31 Å². The van der Waals surface area contributed by atoms with Crippen LogP contribution in [0.5, 0.6) is 0 Å². The summed E-state index contributed by atoms with van der Waals surface area (Å²) in [7, 11) is -0.306. The lowest BCUT2D eigenvalue weighted by atomic mass is 9.79. The maximum absolute atomic E-state index is 6.80. The van der Waals surface area contributed by atoms with Crippen LogP contribution in [0.1, 0.15) is 33.3 Å². The van der Waals surface area contributed by atoms with Gasteiger partial charge in [-0.25, -0.2) is 6.57 Å². The Morgan fingerprint density at radius 1 is 1.05 bits per heavy atom. The molecule has 1 fully saturated rings. The van der Waals surface area contributed by atoms with Gasteiger partial charge in [-0.2, -0.15) is 0 Å². The van der Waals surface area contributed by atoms with Crippen LogP contribution >= 0.6 is 0 Å². The van der Waals surface area contributed by atoms with Crippen molar-refractivity contribution >= 4 is 12.6 Å². The summed E-state index contributed by atoms with van der Waals surface area (Å²) in [6.07, 6.45) is 0.799. The van der Waals surface area contributed by atoms with Crippen molar-refractivity contribution in [3.63, 3.8) is 0 Å². The van der Waals surface area contributed by atoms with Crippen LogP contribution in [0.4, 0.5) is 0 Å². The summed E-state index contributed by atoms with van der Waals surface area (Å²) in [6.45, 7) is 15.6. The molecule has 0 saturated carbocycles. The molecule has 0 bridgehead atoms. The Hall–Kier alpha value is -1.31. The molecule has 0 radical (unpaired) electrons. The maximum Gasteiger partial charge on any atom is 0.494 e. The van der Waals surface area contributed by atoms with Crippen LogP contribution in [0.15, 0.2) is 24.3 Å². The fourth-order valence-electron chi connectivity index (χ4n) is 2.01. The fourth-order valence-corrected chi connectivity index (χ4v) is 2.01. The Morgan fingerprint density at radius 3 is 2.05 bits per heavy atom. The molecule has 0 aromatic heterocycles. The average molecular weight is 257 g/mol. The molecule has 0 aliphatic carbocycles. The van der Waals surface area contributed by atoms with Gasteiger partial charge in [-0.3, -0.25) is 0 Å². The molecule has 0 amide bonds. The van der Waals surface area contributed by atoms with Gasteiger partial charge in [0.05, 0.1) is 11.2 Å². The second-order valence-electron chi connectivity index (χ2n) is 5.96. The van der Waals surface area contributed by atoms with Gasteiger partial charge in [0, 0.05) is 6.42 Å². The van der Waals surface area contributed by atoms with Gasteiger partial charge in [0.1, 0.15) is 0 Å². The molecular formula is C15H20BNO2. The molecule has 0 atom stereocenters. The van der Waals surface area contributed by atoms with Crippen molar-refractivity contribution in [3.8, 4) is 0 Å². The quantitative estimate of drug-likeness (QED) is 0.613. The minimum atomic E-state index is -0.306. The molecule has 1 heterocycles.